The fourth-order valence-corrected chi connectivity index (χ4v) is 3.25. The minimum atomic E-state index is -0.812. The molecule has 0 aliphatic heterocycles. The Bertz CT molecular complexity index is 1050. The van der Waals surface area contributed by atoms with Gasteiger partial charge in [0.05, 0.1) is 0 Å². The minimum Gasteiger partial charge on any atom is -0.454 e. The molecule has 0 unspecified atom stereocenters. The molecule has 0 bridgehead atoms. The smallest absolute Gasteiger partial charge is 0.269 e. The first-order valence-corrected chi connectivity index (χ1v) is 9.76. The van der Waals surface area contributed by atoms with Gasteiger partial charge in [0, 0.05) is 41.9 Å². The van der Waals surface area contributed by atoms with Gasteiger partial charge in [-0.2, -0.15) is 0 Å². The van der Waals surface area contributed by atoms with Gasteiger partial charge in [-0.3, -0.25) is 4.79 Å². The standard InChI is InChI=1S/C20H17ClF2N2O2S/c1-3-28-24-14-5-7-18(27-19-6-4-13(22)9-17(19)23)15(10-14)12-8-16(21)20(26)25(2)11-12/h4-11,24H,3H2,1-2H3. The van der Waals surface area contributed by atoms with Crippen molar-refractivity contribution in [2.75, 3.05) is 10.5 Å². The Morgan fingerprint density at radius 1 is 1.14 bits per heavy atom. The maximum Gasteiger partial charge on any atom is 0.269 e. The molecule has 0 amide bonds. The number of nitrogens with zero attached hydrogens (tertiary/aromatic N) is 1. The van der Waals surface area contributed by atoms with Gasteiger partial charge in [0.15, 0.2) is 11.6 Å². The molecule has 1 heterocycles. The number of hydrogen-bond acceptors (Lipinski definition) is 4. The van der Waals surface area contributed by atoms with E-state index in [0.29, 0.717) is 16.9 Å². The Morgan fingerprint density at radius 2 is 1.89 bits per heavy atom. The van der Waals surface area contributed by atoms with Crippen LogP contribution in [0.15, 0.2) is 53.5 Å². The third-order valence-electron chi connectivity index (χ3n) is 3.88. The molecule has 0 aliphatic carbocycles. The van der Waals surface area contributed by atoms with Gasteiger partial charge < -0.3 is 14.0 Å². The van der Waals surface area contributed by atoms with Crippen molar-refractivity contribution >= 4 is 29.2 Å². The predicted octanol–water partition coefficient (Wildman–Crippen LogP) is 5.86. The second-order valence-corrected chi connectivity index (χ2v) is 7.39. The first-order valence-electron chi connectivity index (χ1n) is 8.40. The highest BCUT2D eigenvalue weighted by atomic mass is 35.5. The highest BCUT2D eigenvalue weighted by Crippen LogP contribution is 2.37. The highest BCUT2D eigenvalue weighted by Gasteiger charge is 2.14. The normalized spacial score (nSPS) is 10.8. The number of aromatic nitrogens is 1. The summed E-state index contributed by atoms with van der Waals surface area (Å²) in [5.74, 6) is -0.409. The second-order valence-electron chi connectivity index (χ2n) is 5.92. The fourth-order valence-electron chi connectivity index (χ4n) is 2.56. The van der Waals surface area contributed by atoms with Crippen molar-refractivity contribution < 1.29 is 13.5 Å². The van der Waals surface area contributed by atoms with E-state index in [0.717, 1.165) is 23.6 Å². The van der Waals surface area contributed by atoms with Gasteiger partial charge in [-0.15, -0.1) is 0 Å². The van der Waals surface area contributed by atoms with E-state index in [9.17, 15) is 13.6 Å². The van der Waals surface area contributed by atoms with Crippen LogP contribution in [-0.2, 0) is 7.05 Å². The van der Waals surface area contributed by atoms with Crippen molar-refractivity contribution in [3.63, 3.8) is 0 Å². The molecule has 3 rings (SSSR count). The summed E-state index contributed by atoms with van der Waals surface area (Å²) >= 11 is 7.57. The van der Waals surface area contributed by atoms with Gasteiger partial charge in [-0.1, -0.05) is 30.5 Å². The van der Waals surface area contributed by atoms with Crippen LogP contribution >= 0.6 is 23.5 Å². The number of benzene rings is 2. The number of anilines is 1. The topological polar surface area (TPSA) is 43.3 Å². The van der Waals surface area contributed by atoms with Crippen molar-refractivity contribution in [3.05, 3.63) is 75.7 Å². The molecule has 0 spiro atoms. The third kappa shape index (κ3) is 4.48. The summed E-state index contributed by atoms with van der Waals surface area (Å²) in [6.07, 6.45) is 1.62. The molecule has 0 fully saturated rings. The molecule has 4 nitrogen and oxygen atoms in total. The molecule has 1 aromatic heterocycles. The number of nitrogens with one attached hydrogen (secondary N) is 1. The summed E-state index contributed by atoms with van der Waals surface area (Å²) in [6.45, 7) is 2.01. The average Bonchev–Trinajstić information content (AvgIpc) is 2.67. The molecule has 0 radical (unpaired) electrons. The molecule has 28 heavy (non-hydrogen) atoms. The Hall–Kier alpha value is -2.51. The molecule has 3 aromatic rings. The largest absolute Gasteiger partial charge is 0.454 e. The summed E-state index contributed by atoms with van der Waals surface area (Å²) < 4.78 is 37.5. The zero-order chi connectivity index (χ0) is 20.3. The van der Waals surface area contributed by atoms with E-state index >= 15 is 0 Å². The van der Waals surface area contributed by atoms with Gasteiger partial charge in [0.2, 0.25) is 0 Å². The molecule has 8 heteroatoms. The number of hydrogen-bond donors (Lipinski definition) is 1. The fraction of sp³-hybridized carbons (Fsp3) is 0.150. The molecule has 146 valence electrons. The van der Waals surface area contributed by atoms with E-state index in [4.69, 9.17) is 16.3 Å². The van der Waals surface area contributed by atoms with Crippen LogP contribution in [0.4, 0.5) is 14.5 Å². The predicted molar refractivity (Wildman–Crippen MR) is 110 cm³/mol. The Labute approximate surface area is 170 Å². The second kappa shape index (κ2) is 8.67. The van der Waals surface area contributed by atoms with Crippen molar-refractivity contribution in [2.24, 2.45) is 7.05 Å². The van der Waals surface area contributed by atoms with Crippen molar-refractivity contribution in [3.8, 4) is 22.6 Å². The van der Waals surface area contributed by atoms with Crippen LogP contribution in [0.5, 0.6) is 11.5 Å². The van der Waals surface area contributed by atoms with Crippen LogP contribution < -0.4 is 15.0 Å². The van der Waals surface area contributed by atoms with Crippen molar-refractivity contribution in [1.82, 2.24) is 4.57 Å². The Balaban J connectivity index is 2.10. The van der Waals surface area contributed by atoms with Crippen LogP contribution in [0.25, 0.3) is 11.1 Å². The number of pyridine rings is 1. The van der Waals surface area contributed by atoms with E-state index in [-0.39, 0.29) is 16.3 Å². The molecule has 1 N–H and O–H groups in total. The first kappa shape index (κ1) is 20.2. The third-order valence-corrected chi connectivity index (χ3v) is 4.82. The minimum absolute atomic E-state index is 0.0557. The SMILES string of the molecule is CCSNc1ccc(Oc2ccc(F)cc2F)c(-c2cc(Cl)c(=O)n(C)c2)c1. The molecule has 0 saturated heterocycles. The van der Waals surface area contributed by atoms with Crippen LogP contribution in [0.2, 0.25) is 5.02 Å². The lowest BCUT2D eigenvalue weighted by molar-refractivity contribution is 0.439. The zero-order valence-electron chi connectivity index (χ0n) is 15.1. The summed E-state index contributed by atoms with van der Waals surface area (Å²) in [4.78, 5) is 11.9. The molecular formula is C20H17ClF2N2O2S. The zero-order valence-corrected chi connectivity index (χ0v) is 16.7. The summed E-state index contributed by atoms with van der Waals surface area (Å²) in [6, 6.07) is 9.91. The monoisotopic (exact) mass is 422 g/mol. The molecule has 0 aliphatic rings. The Kier molecular flexibility index (Phi) is 6.26. The van der Waals surface area contributed by atoms with E-state index in [2.05, 4.69) is 4.72 Å². The van der Waals surface area contributed by atoms with Gasteiger partial charge in [0.25, 0.3) is 5.56 Å². The van der Waals surface area contributed by atoms with Gasteiger partial charge in [-0.25, -0.2) is 8.78 Å². The van der Waals surface area contributed by atoms with Gasteiger partial charge in [0.1, 0.15) is 16.6 Å². The lowest BCUT2D eigenvalue weighted by atomic mass is 10.1. The molecule has 2 aromatic carbocycles. The number of ether oxygens (including phenoxy) is 1. The van der Waals surface area contributed by atoms with E-state index < -0.39 is 11.6 Å². The van der Waals surface area contributed by atoms with Gasteiger partial charge >= 0.3 is 0 Å². The van der Waals surface area contributed by atoms with Crippen molar-refractivity contribution in [2.45, 2.75) is 6.92 Å². The lowest BCUT2D eigenvalue weighted by Gasteiger charge is -2.15. The maximum absolute atomic E-state index is 14.1. The number of rotatable bonds is 6. The summed E-state index contributed by atoms with van der Waals surface area (Å²) in [5.41, 5.74) is 1.70. The quantitative estimate of drug-likeness (QED) is 0.505. The van der Waals surface area contributed by atoms with Crippen LogP contribution in [0.1, 0.15) is 6.92 Å². The van der Waals surface area contributed by atoms with Gasteiger partial charge in [-0.05, 0) is 36.4 Å². The summed E-state index contributed by atoms with van der Waals surface area (Å²) in [5, 5.41) is 0.0557. The molecule has 0 saturated carbocycles. The van der Waals surface area contributed by atoms with Crippen molar-refractivity contribution in [1.29, 1.82) is 0 Å². The molecule has 0 atom stereocenters. The molecular weight excluding hydrogens is 406 g/mol. The van der Waals surface area contributed by atoms with Crippen LogP contribution in [0.3, 0.4) is 0 Å². The number of halogens is 3. The van der Waals surface area contributed by atoms with E-state index in [1.54, 1.807) is 25.4 Å². The lowest BCUT2D eigenvalue weighted by Crippen LogP contribution is -2.16. The first-order chi connectivity index (χ1) is 13.4. The number of aryl methyl sites for hydroxylation is 1. The van der Waals surface area contributed by atoms with Crippen LogP contribution in [0, 0.1) is 11.6 Å². The highest BCUT2D eigenvalue weighted by molar-refractivity contribution is 8.00. The van der Waals surface area contributed by atoms with Crippen LogP contribution in [-0.4, -0.2) is 10.3 Å². The maximum atomic E-state index is 14.1. The van der Waals surface area contributed by atoms with E-state index in [1.165, 1.54) is 28.6 Å². The average molecular weight is 423 g/mol. The Morgan fingerprint density at radius 3 is 2.57 bits per heavy atom. The van der Waals surface area contributed by atoms with E-state index in [1.807, 2.05) is 13.0 Å². The summed E-state index contributed by atoms with van der Waals surface area (Å²) in [7, 11) is 1.59.